The number of piperidine rings is 1. The lowest BCUT2D eigenvalue weighted by Crippen LogP contribution is -2.40. The number of H-pyrrole nitrogens is 1. The lowest BCUT2D eigenvalue weighted by atomic mass is 9.97. The summed E-state index contributed by atoms with van der Waals surface area (Å²) < 4.78 is 1.73. The van der Waals surface area contributed by atoms with Crippen LogP contribution in [-0.4, -0.2) is 43.6 Å². The van der Waals surface area contributed by atoms with Crippen molar-refractivity contribution in [2.24, 2.45) is 13.0 Å². The maximum Gasteiger partial charge on any atom is 0.272 e. The normalized spacial score (nSPS) is 17.8. The molecule has 0 saturated carbocycles. The fourth-order valence-corrected chi connectivity index (χ4v) is 3.96. The first-order chi connectivity index (χ1) is 13.0. The van der Waals surface area contributed by atoms with E-state index in [0.717, 1.165) is 48.4 Å². The molecule has 6 heteroatoms. The van der Waals surface area contributed by atoms with Gasteiger partial charge in [0.25, 0.3) is 5.91 Å². The highest BCUT2D eigenvalue weighted by molar-refractivity contribution is 5.92. The van der Waals surface area contributed by atoms with E-state index in [2.05, 4.69) is 23.9 Å². The number of hydrogen-bond donors (Lipinski definition) is 1. The van der Waals surface area contributed by atoms with Crippen molar-refractivity contribution in [2.75, 3.05) is 13.1 Å². The van der Waals surface area contributed by atoms with Crippen molar-refractivity contribution in [3.63, 3.8) is 0 Å². The third-order valence-electron chi connectivity index (χ3n) is 5.27. The molecule has 0 aliphatic carbocycles. The number of carbonyl (C=O) groups is 1. The predicted octanol–water partition coefficient (Wildman–Crippen LogP) is 3.51. The van der Waals surface area contributed by atoms with Crippen LogP contribution in [0.4, 0.5) is 0 Å². The Bertz CT molecular complexity index is 922. The van der Waals surface area contributed by atoms with Crippen LogP contribution in [0.25, 0.3) is 11.0 Å². The van der Waals surface area contributed by atoms with Crippen molar-refractivity contribution in [3.8, 4) is 0 Å². The third-order valence-corrected chi connectivity index (χ3v) is 5.27. The van der Waals surface area contributed by atoms with E-state index < -0.39 is 0 Å². The molecule has 27 heavy (non-hydrogen) atoms. The van der Waals surface area contributed by atoms with Crippen molar-refractivity contribution >= 4 is 16.9 Å². The molecule has 3 aromatic rings. The monoisotopic (exact) mass is 365 g/mol. The van der Waals surface area contributed by atoms with Gasteiger partial charge >= 0.3 is 0 Å². The Morgan fingerprint density at radius 2 is 2.15 bits per heavy atom. The van der Waals surface area contributed by atoms with Crippen LogP contribution >= 0.6 is 0 Å². The standard InChI is InChI=1S/C21H27N5O/c1-14(2)11-16-12-19(25(3)24-16)21(27)26-10-6-7-15(13-26)20-22-17-8-4-5-9-18(17)23-20/h4-5,8-9,12,14-15H,6-7,10-11,13H2,1-3H3,(H,22,23)/t15-/m1/s1. The second-order valence-electron chi connectivity index (χ2n) is 7.97. The first-order valence-corrected chi connectivity index (χ1v) is 9.78. The molecule has 142 valence electrons. The van der Waals surface area contributed by atoms with Crippen LogP contribution in [0.1, 0.15) is 54.6 Å². The summed E-state index contributed by atoms with van der Waals surface area (Å²) in [7, 11) is 1.86. The molecule has 1 amide bonds. The van der Waals surface area contributed by atoms with Gasteiger partial charge in [0.2, 0.25) is 0 Å². The molecule has 1 fully saturated rings. The predicted molar refractivity (Wildman–Crippen MR) is 106 cm³/mol. The van der Waals surface area contributed by atoms with Gasteiger partial charge in [-0.1, -0.05) is 26.0 Å². The Kier molecular flexibility index (Phi) is 4.72. The average molecular weight is 365 g/mol. The van der Waals surface area contributed by atoms with Gasteiger partial charge in [0.15, 0.2) is 0 Å². The second-order valence-corrected chi connectivity index (χ2v) is 7.97. The lowest BCUT2D eigenvalue weighted by molar-refractivity contribution is 0.0693. The first-order valence-electron chi connectivity index (χ1n) is 9.78. The van der Waals surface area contributed by atoms with Gasteiger partial charge in [-0.05, 0) is 43.4 Å². The van der Waals surface area contributed by atoms with Crippen LogP contribution in [0, 0.1) is 5.92 Å². The van der Waals surface area contributed by atoms with E-state index in [4.69, 9.17) is 4.98 Å². The van der Waals surface area contributed by atoms with Crippen LogP contribution in [0.2, 0.25) is 0 Å². The molecular formula is C21H27N5O. The minimum absolute atomic E-state index is 0.0702. The first kappa shape index (κ1) is 17.8. The summed E-state index contributed by atoms with van der Waals surface area (Å²) in [6, 6.07) is 10.0. The minimum atomic E-state index is 0.0702. The molecule has 1 saturated heterocycles. The van der Waals surface area contributed by atoms with Crippen LogP contribution in [-0.2, 0) is 13.5 Å². The smallest absolute Gasteiger partial charge is 0.272 e. The molecule has 4 rings (SSSR count). The van der Waals surface area contributed by atoms with Crippen LogP contribution < -0.4 is 0 Å². The molecule has 1 aliphatic heterocycles. The van der Waals surface area contributed by atoms with E-state index in [9.17, 15) is 4.79 Å². The number of nitrogens with zero attached hydrogens (tertiary/aromatic N) is 4. The van der Waals surface area contributed by atoms with E-state index in [1.54, 1.807) is 4.68 Å². The highest BCUT2D eigenvalue weighted by Crippen LogP contribution is 2.27. The van der Waals surface area contributed by atoms with Gasteiger partial charge in [-0.3, -0.25) is 9.48 Å². The zero-order valence-electron chi connectivity index (χ0n) is 16.3. The molecule has 0 unspecified atom stereocenters. The number of likely N-dealkylation sites (tertiary alicyclic amines) is 1. The zero-order chi connectivity index (χ0) is 19.0. The second kappa shape index (κ2) is 7.18. The van der Waals surface area contributed by atoms with Gasteiger partial charge in [0.1, 0.15) is 11.5 Å². The van der Waals surface area contributed by atoms with Crippen molar-refractivity contribution in [2.45, 2.75) is 39.0 Å². The number of carbonyl (C=O) groups excluding carboxylic acids is 1. The number of rotatable bonds is 4. The molecule has 0 bridgehead atoms. The number of benzene rings is 1. The van der Waals surface area contributed by atoms with Gasteiger partial charge in [0, 0.05) is 26.1 Å². The van der Waals surface area contributed by atoms with Gasteiger partial charge in [0.05, 0.1) is 16.7 Å². The molecule has 2 aromatic heterocycles. The minimum Gasteiger partial charge on any atom is -0.342 e. The number of para-hydroxylation sites is 2. The summed E-state index contributed by atoms with van der Waals surface area (Å²) in [4.78, 5) is 23.2. The summed E-state index contributed by atoms with van der Waals surface area (Å²) in [5.41, 5.74) is 3.71. The Morgan fingerprint density at radius 3 is 2.93 bits per heavy atom. The molecule has 3 heterocycles. The fourth-order valence-electron chi connectivity index (χ4n) is 3.96. The Balaban J connectivity index is 1.52. The number of amides is 1. The molecular weight excluding hydrogens is 338 g/mol. The fraction of sp³-hybridized carbons (Fsp3) is 0.476. The maximum atomic E-state index is 13.1. The number of aromatic amines is 1. The van der Waals surface area contributed by atoms with Gasteiger partial charge in [-0.15, -0.1) is 0 Å². The molecule has 1 aromatic carbocycles. The van der Waals surface area contributed by atoms with E-state index in [1.165, 1.54) is 0 Å². The Hall–Kier alpha value is -2.63. The van der Waals surface area contributed by atoms with Crippen molar-refractivity contribution in [1.82, 2.24) is 24.6 Å². The lowest BCUT2D eigenvalue weighted by Gasteiger charge is -2.31. The quantitative estimate of drug-likeness (QED) is 0.769. The van der Waals surface area contributed by atoms with E-state index >= 15 is 0 Å². The molecule has 1 N–H and O–H groups in total. The number of aromatic nitrogens is 4. The van der Waals surface area contributed by atoms with E-state index in [-0.39, 0.29) is 11.8 Å². The number of aryl methyl sites for hydroxylation is 1. The molecule has 0 radical (unpaired) electrons. The van der Waals surface area contributed by atoms with Crippen LogP contribution in [0.15, 0.2) is 30.3 Å². The number of nitrogens with one attached hydrogen (secondary N) is 1. The average Bonchev–Trinajstić information content (AvgIpc) is 3.24. The highest BCUT2D eigenvalue weighted by Gasteiger charge is 2.29. The molecule has 1 atom stereocenters. The van der Waals surface area contributed by atoms with Gasteiger partial charge in [-0.25, -0.2) is 4.98 Å². The summed E-state index contributed by atoms with van der Waals surface area (Å²) in [5.74, 6) is 1.83. The molecule has 1 aliphatic rings. The Morgan fingerprint density at radius 1 is 1.33 bits per heavy atom. The topological polar surface area (TPSA) is 66.8 Å². The van der Waals surface area contributed by atoms with Gasteiger partial charge in [-0.2, -0.15) is 5.10 Å². The highest BCUT2D eigenvalue weighted by atomic mass is 16.2. The maximum absolute atomic E-state index is 13.1. The van der Waals surface area contributed by atoms with Crippen molar-refractivity contribution in [1.29, 1.82) is 0 Å². The summed E-state index contributed by atoms with van der Waals surface area (Å²) in [6.45, 7) is 5.82. The summed E-state index contributed by atoms with van der Waals surface area (Å²) in [6.07, 6.45) is 2.93. The number of hydrogen-bond acceptors (Lipinski definition) is 3. The zero-order valence-corrected chi connectivity index (χ0v) is 16.3. The summed E-state index contributed by atoms with van der Waals surface area (Å²) in [5, 5.41) is 4.52. The van der Waals surface area contributed by atoms with Gasteiger partial charge < -0.3 is 9.88 Å². The SMILES string of the molecule is CC(C)Cc1cc(C(=O)N2CCC[C@@H](c3nc4ccccc4[nH]3)C2)n(C)n1. The number of imidazole rings is 1. The molecule has 6 nitrogen and oxygen atoms in total. The van der Waals surface area contributed by atoms with Crippen molar-refractivity contribution < 1.29 is 4.79 Å². The summed E-state index contributed by atoms with van der Waals surface area (Å²) >= 11 is 0. The largest absolute Gasteiger partial charge is 0.342 e. The Labute approximate surface area is 159 Å². The number of fused-ring (bicyclic) bond motifs is 1. The third kappa shape index (κ3) is 3.61. The van der Waals surface area contributed by atoms with E-state index in [1.807, 2.05) is 42.3 Å². The van der Waals surface area contributed by atoms with Crippen LogP contribution in [0.3, 0.4) is 0 Å². The van der Waals surface area contributed by atoms with Crippen LogP contribution in [0.5, 0.6) is 0 Å². The van der Waals surface area contributed by atoms with E-state index in [0.29, 0.717) is 18.2 Å². The molecule has 0 spiro atoms. The van der Waals surface area contributed by atoms with Crippen molar-refractivity contribution in [3.05, 3.63) is 47.5 Å².